The van der Waals surface area contributed by atoms with Crippen LogP contribution in [0.5, 0.6) is 23.0 Å². The zero-order chi connectivity index (χ0) is 45.1. The molecule has 2 aliphatic heterocycles. The van der Waals surface area contributed by atoms with Gasteiger partial charge in [0, 0.05) is 94.6 Å². The molecular formula is C50H40Cl2N6O7. The number of esters is 3. The maximum atomic E-state index is 14.2. The Labute approximate surface area is 384 Å². The van der Waals surface area contributed by atoms with Gasteiger partial charge in [-0.3, -0.25) is 39.3 Å². The maximum Gasteiger partial charge on any atom is 0.340 e. The number of fused-ring (bicyclic) bond motifs is 6. The molecule has 0 aliphatic carbocycles. The van der Waals surface area contributed by atoms with E-state index in [4.69, 9.17) is 42.1 Å². The molecule has 15 heteroatoms. The van der Waals surface area contributed by atoms with Gasteiger partial charge in [0.1, 0.15) is 11.5 Å². The highest BCUT2D eigenvalue weighted by atomic mass is 35.5. The van der Waals surface area contributed by atoms with Crippen LogP contribution >= 0.6 is 23.2 Å². The van der Waals surface area contributed by atoms with E-state index in [0.29, 0.717) is 59.6 Å². The number of pyridine rings is 4. The summed E-state index contributed by atoms with van der Waals surface area (Å²) in [5, 5.41) is 0.132. The molecule has 0 fully saturated rings. The van der Waals surface area contributed by atoms with Crippen molar-refractivity contribution >= 4 is 41.1 Å². The molecule has 0 N–H and O–H groups in total. The Balaban J connectivity index is 1.30. The molecule has 2 aliphatic rings. The fourth-order valence-electron chi connectivity index (χ4n) is 8.42. The summed E-state index contributed by atoms with van der Waals surface area (Å²) >= 11 is 14.4. The van der Waals surface area contributed by atoms with Crippen LogP contribution < -0.4 is 14.2 Å². The minimum absolute atomic E-state index is 0.0452. The van der Waals surface area contributed by atoms with E-state index in [2.05, 4.69) is 29.7 Å². The molecule has 65 heavy (non-hydrogen) atoms. The Bertz CT molecular complexity index is 2660. The van der Waals surface area contributed by atoms with Crippen molar-refractivity contribution in [3.8, 4) is 23.0 Å². The lowest BCUT2D eigenvalue weighted by Gasteiger charge is -2.40. The average molecular weight is 908 g/mol. The molecule has 0 radical (unpaired) electrons. The first kappa shape index (κ1) is 43.2. The minimum atomic E-state index is -1.71. The molecule has 0 atom stereocenters. The number of benzene rings is 3. The van der Waals surface area contributed by atoms with E-state index in [1.165, 1.54) is 13.8 Å². The van der Waals surface area contributed by atoms with Crippen LogP contribution in [-0.2, 0) is 59.2 Å². The number of nitrogens with zero attached hydrogens (tertiary/aromatic N) is 6. The van der Waals surface area contributed by atoms with Gasteiger partial charge in [0.2, 0.25) is 0 Å². The molecule has 9 rings (SSSR count). The topological polar surface area (TPSA) is 146 Å². The van der Waals surface area contributed by atoms with Crippen LogP contribution in [0.3, 0.4) is 0 Å². The number of halogens is 2. The van der Waals surface area contributed by atoms with Crippen LogP contribution in [0.1, 0.15) is 74.8 Å². The van der Waals surface area contributed by atoms with Gasteiger partial charge in [-0.15, -0.1) is 0 Å². The van der Waals surface area contributed by atoms with E-state index in [-0.39, 0.29) is 46.1 Å². The molecule has 6 heterocycles. The van der Waals surface area contributed by atoms with Gasteiger partial charge in [0.15, 0.2) is 17.1 Å². The molecule has 0 amide bonds. The van der Waals surface area contributed by atoms with E-state index in [1.54, 1.807) is 49.1 Å². The van der Waals surface area contributed by atoms with E-state index in [9.17, 15) is 14.4 Å². The molecule has 3 aromatic carbocycles. The molecule has 13 nitrogen and oxygen atoms in total. The maximum absolute atomic E-state index is 14.2. The predicted molar refractivity (Wildman–Crippen MR) is 240 cm³/mol. The third-order valence-corrected chi connectivity index (χ3v) is 11.6. The van der Waals surface area contributed by atoms with Gasteiger partial charge in [-0.2, -0.15) is 0 Å². The lowest BCUT2D eigenvalue weighted by Crippen LogP contribution is -2.35. The summed E-state index contributed by atoms with van der Waals surface area (Å²) in [6, 6.07) is 32.9. The van der Waals surface area contributed by atoms with Crippen LogP contribution in [0.25, 0.3) is 0 Å². The zero-order valence-corrected chi connectivity index (χ0v) is 36.8. The van der Waals surface area contributed by atoms with E-state index in [1.807, 2.05) is 84.9 Å². The molecule has 4 aromatic heterocycles. The van der Waals surface area contributed by atoms with Crippen molar-refractivity contribution in [3.05, 3.63) is 200 Å². The van der Waals surface area contributed by atoms with Crippen molar-refractivity contribution in [3.63, 3.8) is 0 Å². The Morgan fingerprint density at radius 2 is 0.938 bits per heavy atom. The lowest BCUT2D eigenvalue weighted by atomic mass is 9.76. The van der Waals surface area contributed by atoms with Gasteiger partial charge in [-0.1, -0.05) is 65.7 Å². The average Bonchev–Trinajstić information content (AvgIpc) is 3.60. The Hall–Kier alpha value is -7.03. The standard InChI is InChI=1S/C50H40Cl2N6O7/c1-31(59)62-47-38(29-57(25-33-13-5-9-19-53-33)26-34-14-6-10-20-54-34)45-41(23-43(47)51)50(40-18-4-3-17-37(40)49(61)65-50)42-24-44(52)48(63-32(2)60)39(46(42)64-45)30-58(27-35-15-7-11-21-55-35)28-36-16-8-12-22-56-36/h3-24H,25-30H2,1-2H3. The Morgan fingerprint density at radius 3 is 1.31 bits per heavy atom. The van der Waals surface area contributed by atoms with Gasteiger partial charge in [-0.05, 0) is 66.7 Å². The third kappa shape index (κ3) is 8.91. The second-order valence-corrected chi connectivity index (χ2v) is 16.4. The fourth-order valence-corrected chi connectivity index (χ4v) is 8.94. The Morgan fingerprint density at radius 1 is 0.554 bits per heavy atom. The van der Waals surface area contributed by atoms with Crippen LogP contribution in [0, 0.1) is 0 Å². The van der Waals surface area contributed by atoms with Gasteiger partial charge in [0.05, 0.1) is 49.5 Å². The first-order valence-corrected chi connectivity index (χ1v) is 21.5. The van der Waals surface area contributed by atoms with Crippen molar-refractivity contribution < 1.29 is 33.3 Å². The number of carbonyl (C=O) groups is 3. The molecule has 7 aromatic rings. The SMILES string of the molecule is CC(=O)Oc1c(Cl)cc2c(c1CN(Cc1ccccn1)Cc1ccccn1)Oc1c(cc(Cl)c(OC(C)=O)c1CN(Cc1ccccn1)Cc1ccccn1)C21OC(=O)c2ccccc21. The van der Waals surface area contributed by atoms with Crippen LogP contribution in [-0.4, -0.2) is 47.6 Å². The summed E-state index contributed by atoms with van der Waals surface area (Å²) in [4.78, 5) is 62.7. The summed E-state index contributed by atoms with van der Waals surface area (Å²) < 4.78 is 25.8. The monoisotopic (exact) mass is 906 g/mol. The fraction of sp³-hybridized carbons (Fsp3) is 0.180. The summed E-state index contributed by atoms with van der Waals surface area (Å²) in [5.74, 6) is -1.35. The van der Waals surface area contributed by atoms with E-state index < -0.39 is 23.5 Å². The zero-order valence-electron chi connectivity index (χ0n) is 35.2. The highest BCUT2D eigenvalue weighted by Crippen LogP contribution is 2.61. The van der Waals surface area contributed by atoms with Gasteiger partial charge in [-0.25, -0.2) is 4.79 Å². The van der Waals surface area contributed by atoms with Crippen LogP contribution in [0.2, 0.25) is 10.0 Å². The van der Waals surface area contributed by atoms with Crippen LogP contribution in [0.4, 0.5) is 0 Å². The summed E-state index contributed by atoms with van der Waals surface area (Å²) in [5.41, 5.74) is 3.60. The summed E-state index contributed by atoms with van der Waals surface area (Å²) in [7, 11) is 0. The first-order chi connectivity index (χ1) is 31.6. The van der Waals surface area contributed by atoms with Crippen molar-refractivity contribution in [1.82, 2.24) is 29.7 Å². The Kier molecular flexibility index (Phi) is 12.4. The largest absolute Gasteiger partial charge is 0.455 e. The quantitative estimate of drug-likeness (QED) is 0.0755. The number of aromatic nitrogens is 4. The lowest BCUT2D eigenvalue weighted by molar-refractivity contribution is -0.132. The summed E-state index contributed by atoms with van der Waals surface area (Å²) in [6.45, 7) is 4.08. The third-order valence-electron chi connectivity index (χ3n) is 11.0. The van der Waals surface area contributed by atoms with E-state index in [0.717, 1.165) is 22.8 Å². The second kappa shape index (κ2) is 18.6. The van der Waals surface area contributed by atoms with Crippen molar-refractivity contribution in [2.45, 2.75) is 58.7 Å². The number of ether oxygens (including phenoxy) is 4. The molecule has 1 spiro atoms. The van der Waals surface area contributed by atoms with Crippen molar-refractivity contribution in [1.29, 1.82) is 0 Å². The molecule has 326 valence electrons. The van der Waals surface area contributed by atoms with Gasteiger partial charge >= 0.3 is 17.9 Å². The molecule has 0 saturated heterocycles. The summed E-state index contributed by atoms with van der Waals surface area (Å²) in [6.07, 6.45) is 6.86. The van der Waals surface area contributed by atoms with Gasteiger partial charge in [0.25, 0.3) is 0 Å². The van der Waals surface area contributed by atoms with Crippen molar-refractivity contribution in [2.75, 3.05) is 0 Å². The van der Waals surface area contributed by atoms with Crippen molar-refractivity contribution in [2.24, 2.45) is 0 Å². The highest BCUT2D eigenvalue weighted by Gasteiger charge is 2.55. The first-order valence-electron chi connectivity index (χ1n) is 20.7. The normalized spacial score (nSPS) is 13.2. The smallest absolute Gasteiger partial charge is 0.340 e. The number of hydrogen-bond donors (Lipinski definition) is 0. The van der Waals surface area contributed by atoms with Crippen LogP contribution in [0.15, 0.2) is 134 Å². The number of hydrogen-bond acceptors (Lipinski definition) is 13. The highest BCUT2D eigenvalue weighted by molar-refractivity contribution is 6.33. The number of carbonyl (C=O) groups excluding carboxylic acids is 3. The minimum Gasteiger partial charge on any atom is -0.455 e. The molecule has 0 unspecified atom stereocenters. The van der Waals surface area contributed by atoms with Gasteiger partial charge < -0.3 is 18.9 Å². The second-order valence-electron chi connectivity index (χ2n) is 15.6. The molecule has 0 saturated carbocycles. The molecular weight excluding hydrogens is 867 g/mol. The number of rotatable bonds is 14. The predicted octanol–water partition coefficient (Wildman–Crippen LogP) is 9.40. The molecule has 0 bridgehead atoms. The van der Waals surface area contributed by atoms with E-state index >= 15 is 0 Å².